The van der Waals surface area contributed by atoms with E-state index in [9.17, 15) is 14.4 Å². The molecule has 0 heterocycles. The van der Waals surface area contributed by atoms with E-state index in [1.165, 1.54) is 238 Å². The van der Waals surface area contributed by atoms with E-state index in [0.29, 0.717) is 19.3 Å². The number of hydrogen-bond donors (Lipinski definition) is 0. The zero-order valence-corrected chi connectivity index (χ0v) is 45.5. The summed E-state index contributed by atoms with van der Waals surface area (Å²) in [5.41, 5.74) is 0. The molecule has 0 aromatic heterocycles. The number of carbonyl (C=O) groups excluding carboxylic acids is 3. The largest absolute Gasteiger partial charge is 0.462 e. The Morgan fingerprint density at radius 2 is 0.493 bits per heavy atom. The number of rotatable bonds is 56. The molecule has 0 unspecified atom stereocenters. The number of hydrogen-bond acceptors (Lipinski definition) is 6. The van der Waals surface area contributed by atoms with E-state index in [0.717, 1.165) is 64.2 Å². The van der Waals surface area contributed by atoms with Crippen LogP contribution in [0.1, 0.15) is 342 Å². The van der Waals surface area contributed by atoms with Gasteiger partial charge in [-0.05, 0) is 44.9 Å². The molecule has 6 nitrogen and oxygen atoms in total. The molecule has 0 saturated heterocycles. The topological polar surface area (TPSA) is 78.9 Å². The summed E-state index contributed by atoms with van der Waals surface area (Å²) in [7, 11) is 0. The molecule has 396 valence electrons. The lowest BCUT2D eigenvalue weighted by Gasteiger charge is -2.18. The highest BCUT2D eigenvalue weighted by atomic mass is 16.6. The van der Waals surface area contributed by atoms with Crippen molar-refractivity contribution in [2.75, 3.05) is 13.2 Å². The molecule has 0 fully saturated rings. The SMILES string of the molecule is CCCCCCCCC/C=C\CCCCCCCC(=O)O[C@H](COC(=O)CCCCCCCCCCCCCCCC)COC(=O)CCCCCCCCCCCCCCCCCCCCC. The summed E-state index contributed by atoms with van der Waals surface area (Å²) >= 11 is 0. The predicted octanol–water partition coefficient (Wildman–Crippen LogP) is 20.1. The number of carbonyl (C=O) groups is 3. The van der Waals surface area contributed by atoms with Crippen molar-refractivity contribution in [3.8, 4) is 0 Å². The molecule has 0 saturated carbocycles. The Hall–Kier alpha value is -1.85. The molecule has 0 spiro atoms. The van der Waals surface area contributed by atoms with Crippen LogP contribution in [0.15, 0.2) is 12.2 Å². The van der Waals surface area contributed by atoms with Gasteiger partial charge in [0, 0.05) is 19.3 Å². The summed E-state index contributed by atoms with van der Waals surface area (Å²) in [4.78, 5) is 38.2. The van der Waals surface area contributed by atoms with E-state index in [1.54, 1.807) is 0 Å². The van der Waals surface area contributed by atoms with Crippen molar-refractivity contribution >= 4 is 17.9 Å². The molecule has 0 aromatic rings. The second-order valence-electron chi connectivity index (χ2n) is 20.6. The van der Waals surface area contributed by atoms with E-state index in [4.69, 9.17) is 14.2 Å². The van der Waals surface area contributed by atoms with E-state index in [-0.39, 0.29) is 31.1 Å². The van der Waals surface area contributed by atoms with Crippen molar-refractivity contribution in [1.82, 2.24) is 0 Å². The van der Waals surface area contributed by atoms with Gasteiger partial charge in [-0.15, -0.1) is 0 Å². The summed E-state index contributed by atoms with van der Waals surface area (Å²) in [6, 6.07) is 0. The fourth-order valence-electron chi connectivity index (χ4n) is 9.21. The summed E-state index contributed by atoms with van der Waals surface area (Å²) in [6.07, 6.45) is 64.9. The van der Waals surface area contributed by atoms with Gasteiger partial charge in [-0.1, -0.05) is 290 Å². The van der Waals surface area contributed by atoms with Gasteiger partial charge in [-0.25, -0.2) is 0 Å². The lowest BCUT2D eigenvalue weighted by atomic mass is 10.0. The Morgan fingerprint density at radius 3 is 0.746 bits per heavy atom. The van der Waals surface area contributed by atoms with Crippen molar-refractivity contribution < 1.29 is 28.6 Å². The molecule has 0 radical (unpaired) electrons. The standard InChI is InChI=1S/C61H116O6/c1-4-7-10-13-16-19-22-25-28-30-31-32-34-36-39-42-45-48-51-54-60(63)66-57-58(56-65-59(62)53-50-47-44-41-38-35-27-24-21-18-15-12-9-6-3)67-61(64)55-52-49-46-43-40-37-33-29-26-23-20-17-14-11-8-5-2/h29,33,58H,4-28,30-32,34-57H2,1-3H3/b33-29-/t58-/m1/s1. The summed E-state index contributed by atoms with van der Waals surface area (Å²) in [5, 5.41) is 0. The molecule has 0 aliphatic heterocycles. The first-order valence-corrected chi connectivity index (χ1v) is 30.2. The zero-order valence-electron chi connectivity index (χ0n) is 45.5. The van der Waals surface area contributed by atoms with E-state index in [2.05, 4.69) is 32.9 Å². The van der Waals surface area contributed by atoms with Crippen LogP contribution in [0.5, 0.6) is 0 Å². The van der Waals surface area contributed by atoms with Crippen molar-refractivity contribution in [3.05, 3.63) is 12.2 Å². The lowest BCUT2D eigenvalue weighted by molar-refractivity contribution is -0.167. The van der Waals surface area contributed by atoms with Gasteiger partial charge in [0.1, 0.15) is 13.2 Å². The number of ether oxygens (including phenoxy) is 3. The second-order valence-corrected chi connectivity index (χ2v) is 20.6. The van der Waals surface area contributed by atoms with E-state index >= 15 is 0 Å². The smallest absolute Gasteiger partial charge is 0.306 e. The molecule has 0 amide bonds. The molecule has 0 aromatic carbocycles. The van der Waals surface area contributed by atoms with Crippen LogP contribution in [0.4, 0.5) is 0 Å². The highest BCUT2D eigenvalue weighted by molar-refractivity contribution is 5.71. The van der Waals surface area contributed by atoms with Crippen LogP contribution in [0.3, 0.4) is 0 Å². The number of esters is 3. The van der Waals surface area contributed by atoms with Gasteiger partial charge in [0.05, 0.1) is 0 Å². The maximum Gasteiger partial charge on any atom is 0.306 e. The molecule has 1 atom stereocenters. The van der Waals surface area contributed by atoms with Crippen molar-refractivity contribution in [1.29, 1.82) is 0 Å². The van der Waals surface area contributed by atoms with Crippen molar-refractivity contribution in [2.24, 2.45) is 0 Å². The third kappa shape index (κ3) is 55.0. The van der Waals surface area contributed by atoms with Gasteiger partial charge in [-0.2, -0.15) is 0 Å². The van der Waals surface area contributed by atoms with Crippen LogP contribution in [0, 0.1) is 0 Å². The van der Waals surface area contributed by atoms with Gasteiger partial charge in [0.15, 0.2) is 6.10 Å². The summed E-state index contributed by atoms with van der Waals surface area (Å²) in [6.45, 7) is 6.70. The predicted molar refractivity (Wildman–Crippen MR) is 289 cm³/mol. The van der Waals surface area contributed by atoms with E-state index in [1.807, 2.05) is 0 Å². The minimum Gasteiger partial charge on any atom is -0.462 e. The minimum absolute atomic E-state index is 0.0672. The van der Waals surface area contributed by atoms with Gasteiger partial charge in [0.2, 0.25) is 0 Å². The molecule has 0 aliphatic rings. The number of unbranched alkanes of at least 4 members (excludes halogenated alkanes) is 43. The average molecular weight is 946 g/mol. The molecule has 0 N–H and O–H groups in total. The molecular weight excluding hydrogens is 829 g/mol. The van der Waals surface area contributed by atoms with Crippen molar-refractivity contribution in [2.45, 2.75) is 348 Å². The van der Waals surface area contributed by atoms with Crippen LogP contribution in [0.2, 0.25) is 0 Å². The Kier molecular flexibility index (Phi) is 55.2. The van der Waals surface area contributed by atoms with Crippen LogP contribution in [-0.2, 0) is 28.6 Å². The first kappa shape index (κ1) is 65.1. The molecule has 0 aliphatic carbocycles. The van der Waals surface area contributed by atoms with Gasteiger partial charge in [-0.3, -0.25) is 14.4 Å². The van der Waals surface area contributed by atoms with Crippen LogP contribution < -0.4 is 0 Å². The highest BCUT2D eigenvalue weighted by Crippen LogP contribution is 2.17. The number of allylic oxidation sites excluding steroid dienone is 2. The van der Waals surface area contributed by atoms with Gasteiger partial charge >= 0.3 is 17.9 Å². The second kappa shape index (κ2) is 56.7. The zero-order chi connectivity index (χ0) is 48.6. The average Bonchev–Trinajstić information content (AvgIpc) is 3.33. The first-order valence-electron chi connectivity index (χ1n) is 30.2. The molecule has 0 bridgehead atoms. The van der Waals surface area contributed by atoms with E-state index < -0.39 is 6.10 Å². The van der Waals surface area contributed by atoms with Crippen LogP contribution >= 0.6 is 0 Å². The Balaban J connectivity index is 4.30. The molecular formula is C61H116O6. The maximum absolute atomic E-state index is 12.9. The molecule has 0 rings (SSSR count). The quantitative estimate of drug-likeness (QED) is 0.0262. The fraction of sp³-hybridized carbons (Fsp3) is 0.918. The monoisotopic (exact) mass is 945 g/mol. The minimum atomic E-state index is -0.769. The lowest BCUT2D eigenvalue weighted by Crippen LogP contribution is -2.30. The molecule has 67 heavy (non-hydrogen) atoms. The first-order chi connectivity index (χ1) is 33.0. The normalized spacial score (nSPS) is 12.0. The highest BCUT2D eigenvalue weighted by Gasteiger charge is 2.19. The Morgan fingerprint density at radius 1 is 0.284 bits per heavy atom. The Bertz CT molecular complexity index is 1040. The summed E-state index contributed by atoms with van der Waals surface area (Å²) < 4.78 is 16.9. The third-order valence-electron chi connectivity index (χ3n) is 13.8. The fourth-order valence-corrected chi connectivity index (χ4v) is 9.21. The van der Waals surface area contributed by atoms with Gasteiger partial charge in [0.25, 0.3) is 0 Å². The summed E-state index contributed by atoms with van der Waals surface area (Å²) in [5.74, 6) is -0.848. The maximum atomic E-state index is 12.9. The Labute approximate surface area is 418 Å². The molecule has 6 heteroatoms. The van der Waals surface area contributed by atoms with Gasteiger partial charge < -0.3 is 14.2 Å². The van der Waals surface area contributed by atoms with Crippen LogP contribution in [0.25, 0.3) is 0 Å². The van der Waals surface area contributed by atoms with Crippen molar-refractivity contribution in [3.63, 3.8) is 0 Å². The van der Waals surface area contributed by atoms with Crippen LogP contribution in [-0.4, -0.2) is 37.2 Å². The third-order valence-corrected chi connectivity index (χ3v) is 13.8.